The van der Waals surface area contributed by atoms with Gasteiger partial charge in [0.05, 0.1) is 8.41 Å². The minimum atomic E-state index is 0. The molecule has 0 radical (unpaired) electrons. The summed E-state index contributed by atoms with van der Waals surface area (Å²) in [6.07, 6.45) is 13.9. The van der Waals surface area contributed by atoms with Gasteiger partial charge in [-0.15, -0.1) is 0 Å². The lowest BCUT2D eigenvalue weighted by molar-refractivity contribution is 0.128. The van der Waals surface area contributed by atoms with Crippen molar-refractivity contribution in [2.24, 2.45) is 0 Å². The zero-order chi connectivity index (χ0) is 11.2. The van der Waals surface area contributed by atoms with Gasteiger partial charge in [-0.05, 0) is 12.8 Å². The first-order valence-electron chi connectivity index (χ1n) is 6.99. The molecule has 0 aromatic rings. The molecule has 1 saturated carbocycles. The summed E-state index contributed by atoms with van der Waals surface area (Å²) in [6, 6.07) is 0. The first-order chi connectivity index (χ1) is 7.41. The number of unbranched alkanes of at least 4 members (excludes halogenated alkanes) is 2. The largest absolute Gasteiger partial charge is 0.381 e. The molecular formula is C14H36BF3O. The molecule has 1 rings (SSSR count). The Hall–Kier alpha value is -0.185. The third-order valence-electron chi connectivity index (χ3n) is 2.78. The minimum Gasteiger partial charge on any atom is -0.381 e. The van der Waals surface area contributed by atoms with Crippen LogP contribution in [0.2, 0.25) is 0 Å². The van der Waals surface area contributed by atoms with Crippen LogP contribution in [0.25, 0.3) is 0 Å². The van der Waals surface area contributed by atoms with E-state index >= 15 is 0 Å². The van der Waals surface area contributed by atoms with Crippen LogP contribution in [0.5, 0.6) is 0 Å². The molecule has 0 unspecified atom stereocenters. The average molecular weight is 288 g/mol. The molecule has 0 amide bonds. The van der Waals surface area contributed by atoms with Crippen LogP contribution in [-0.4, -0.2) is 21.6 Å². The van der Waals surface area contributed by atoms with E-state index in [2.05, 4.69) is 13.8 Å². The first kappa shape index (κ1) is 31.3. The van der Waals surface area contributed by atoms with E-state index in [4.69, 9.17) is 4.74 Å². The molecule has 19 heavy (non-hydrogen) atoms. The van der Waals surface area contributed by atoms with Crippen molar-refractivity contribution in [2.45, 2.75) is 78.1 Å². The smallest absolute Gasteiger partial charge is 0.0814 e. The fourth-order valence-electron chi connectivity index (χ4n) is 1.66. The van der Waals surface area contributed by atoms with Crippen molar-refractivity contribution in [3.63, 3.8) is 0 Å². The SMILES string of the molecule is B.C1CCCCC1.CCCCOCCCC.F.F.F. The predicted octanol–water partition coefficient (Wildman–Crippen LogP) is 4.22. The van der Waals surface area contributed by atoms with Crippen LogP contribution in [0, 0.1) is 0 Å². The minimum absolute atomic E-state index is 0. The fourth-order valence-corrected chi connectivity index (χ4v) is 1.66. The molecule has 0 aliphatic heterocycles. The Morgan fingerprint density at radius 2 is 0.895 bits per heavy atom. The molecule has 0 aromatic carbocycles. The van der Waals surface area contributed by atoms with Gasteiger partial charge in [0.1, 0.15) is 0 Å². The molecule has 0 N–H and O–H groups in total. The molecule has 0 atom stereocenters. The molecule has 1 fully saturated rings. The maximum absolute atomic E-state index is 5.31. The normalized spacial score (nSPS) is 12.3. The van der Waals surface area contributed by atoms with Gasteiger partial charge in [0.25, 0.3) is 0 Å². The van der Waals surface area contributed by atoms with Crippen LogP contribution < -0.4 is 0 Å². The van der Waals surface area contributed by atoms with E-state index in [-0.39, 0.29) is 22.5 Å². The summed E-state index contributed by atoms with van der Waals surface area (Å²) in [4.78, 5) is 0. The van der Waals surface area contributed by atoms with E-state index < -0.39 is 0 Å². The molecule has 0 heterocycles. The first-order valence-corrected chi connectivity index (χ1v) is 6.99. The molecule has 0 saturated heterocycles. The lowest BCUT2D eigenvalue weighted by Gasteiger charge is -2.05. The van der Waals surface area contributed by atoms with Crippen molar-refractivity contribution >= 4 is 8.41 Å². The Kier molecular flexibility index (Phi) is 50.5. The number of hydrogen-bond acceptors (Lipinski definition) is 1. The zero-order valence-electron chi connectivity index (χ0n) is 12.1. The van der Waals surface area contributed by atoms with Crippen LogP contribution in [0.3, 0.4) is 0 Å². The van der Waals surface area contributed by atoms with Gasteiger partial charge in [-0.3, -0.25) is 14.1 Å². The third kappa shape index (κ3) is 31.9. The molecule has 1 aliphatic rings. The summed E-state index contributed by atoms with van der Waals surface area (Å²) in [5.41, 5.74) is 0. The van der Waals surface area contributed by atoms with Crippen molar-refractivity contribution in [1.82, 2.24) is 0 Å². The summed E-state index contributed by atoms with van der Waals surface area (Å²) in [5, 5.41) is 0. The summed E-state index contributed by atoms with van der Waals surface area (Å²) in [5.74, 6) is 0. The van der Waals surface area contributed by atoms with Crippen LogP contribution in [0.1, 0.15) is 78.1 Å². The van der Waals surface area contributed by atoms with Crippen LogP contribution in [0.4, 0.5) is 14.1 Å². The Morgan fingerprint density at radius 3 is 1.11 bits per heavy atom. The van der Waals surface area contributed by atoms with Crippen molar-refractivity contribution in [2.75, 3.05) is 13.2 Å². The van der Waals surface area contributed by atoms with Crippen molar-refractivity contribution in [1.29, 1.82) is 0 Å². The van der Waals surface area contributed by atoms with Crippen molar-refractivity contribution in [3.05, 3.63) is 0 Å². The molecule has 0 bridgehead atoms. The molecular weight excluding hydrogens is 252 g/mol. The topological polar surface area (TPSA) is 9.23 Å². The summed E-state index contributed by atoms with van der Waals surface area (Å²) >= 11 is 0. The van der Waals surface area contributed by atoms with E-state index in [1.165, 1.54) is 64.2 Å². The highest BCUT2D eigenvalue weighted by molar-refractivity contribution is 5.75. The molecule has 0 aromatic heterocycles. The van der Waals surface area contributed by atoms with E-state index in [1.807, 2.05) is 0 Å². The number of rotatable bonds is 6. The standard InChI is InChI=1S/C8H18O.C6H12.BH3.3FH/c1-3-5-7-9-8-6-4-2;1-2-4-6-5-3-1;;;;/h3-8H2,1-2H3;1-6H2;1H3;3*1H. The van der Waals surface area contributed by atoms with Gasteiger partial charge in [0.15, 0.2) is 0 Å². The van der Waals surface area contributed by atoms with Crippen LogP contribution in [0.15, 0.2) is 0 Å². The maximum Gasteiger partial charge on any atom is 0.0814 e. The molecule has 5 heteroatoms. The van der Waals surface area contributed by atoms with Gasteiger partial charge in [-0.25, -0.2) is 0 Å². The van der Waals surface area contributed by atoms with Gasteiger partial charge in [0.2, 0.25) is 0 Å². The van der Waals surface area contributed by atoms with Crippen molar-refractivity contribution in [3.8, 4) is 0 Å². The predicted molar refractivity (Wildman–Crippen MR) is 85.8 cm³/mol. The number of ether oxygens (including phenoxy) is 1. The van der Waals surface area contributed by atoms with Crippen LogP contribution >= 0.6 is 0 Å². The summed E-state index contributed by atoms with van der Waals surface area (Å²) < 4.78 is 5.31. The third-order valence-corrected chi connectivity index (χ3v) is 2.78. The number of hydrogen-bond donors (Lipinski definition) is 0. The Bertz CT molecular complexity index is 97.4. The highest BCUT2D eigenvalue weighted by atomic mass is 19.0. The second kappa shape index (κ2) is 30.7. The van der Waals surface area contributed by atoms with E-state index in [0.29, 0.717) is 0 Å². The molecule has 1 aliphatic carbocycles. The molecule has 122 valence electrons. The monoisotopic (exact) mass is 288 g/mol. The van der Waals surface area contributed by atoms with Gasteiger partial charge in [0, 0.05) is 13.2 Å². The summed E-state index contributed by atoms with van der Waals surface area (Å²) in [7, 11) is 0. The molecule has 0 spiro atoms. The fraction of sp³-hybridized carbons (Fsp3) is 1.00. The Labute approximate surface area is 119 Å². The van der Waals surface area contributed by atoms with Gasteiger partial charge in [-0.2, -0.15) is 0 Å². The molecule has 1 nitrogen and oxygen atoms in total. The quantitative estimate of drug-likeness (QED) is 0.525. The van der Waals surface area contributed by atoms with Gasteiger partial charge < -0.3 is 4.74 Å². The van der Waals surface area contributed by atoms with Gasteiger partial charge >= 0.3 is 0 Å². The average Bonchev–Trinajstić information content (AvgIpc) is 2.32. The second-order valence-electron chi connectivity index (χ2n) is 4.44. The van der Waals surface area contributed by atoms with Crippen LogP contribution in [-0.2, 0) is 4.74 Å². The zero-order valence-corrected chi connectivity index (χ0v) is 12.1. The van der Waals surface area contributed by atoms with E-state index in [0.717, 1.165) is 13.2 Å². The van der Waals surface area contributed by atoms with E-state index in [1.54, 1.807) is 0 Å². The Balaban J connectivity index is -0.0000000589. The van der Waals surface area contributed by atoms with Crippen molar-refractivity contribution < 1.29 is 18.9 Å². The second-order valence-corrected chi connectivity index (χ2v) is 4.44. The summed E-state index contributed by atoms with van der Waals surface area (Å²) in [6.45, 7) is 6.28. The van der Waals surface area contributed by atoms with Gasteiger partial charge in [-0.1, -0.05) is 65.2 Å². The maximum atomic E-state index is 5.31. The Morgan fingerprint density at radius 1 is 0.632 bits per heavy atom. The lowest BCUT2D eigenvalue weighted by Crippen LogP contribution is -1.95. The number of halogens is 3. The highest BCUT2D eigenvalue weighted by Gasteiger charge is 1.95. The highest BCUT2D eigenvalue weighted by Crippen LogP contribution is 2.15. The lowest BCUT2D eigenvalue weighted by atomic mass is 10.0. The van der Waals surface area contributed by atoms with E-state index in [9.17, 15) is 0 Å².